The number of carbonyl (C=O) groups is 1. The fraction of sp³-hybridized carbons (Fsp3) is 0.417. The summed E-state index contributed by atoms with van der Waals surface area (Å²) in [4.78, 5) is 11.7. The second-order valence-electron chi connectivity index (χ2n) is 4.55. The molecule has 1 aliphatic heterocycles. The molecule has 1 heterocycles. The van der Waals surface area contributed by atoms with Gasteiger partial charge in [0.15, 0.2) is 0 Å². The van der Waals surface area contributed by atoms with Gasteiger partial charge < -0.3 is 10.1 Å². The Morgan fingerprint density at radius 2 is 2.00 bits per heavy atom. The topological polar surface area (TPSA) is 98.5 Å². The molecule has 0 unspecified atom stereocenters. The van der Waals surface area contributed by atoms with Gasteiger partial charge in [0.25, 0.3) is 5.91 Å². The summed E-state index contributed by atoms with van der Waals surface area (Å²) in [5.74, 6) is -1.44. The standard InChI is InChI=1S/C12H15FN2O4S/c13-11-2-1-9(20(14,17)18)7-10(11)12(16)15-8-3-5-19-6-4-8/h1-2,7-8H,3-6H2,(H,15,16)(H2,14,17,18). The van der Waals surface area contributed by atoms with Crippen molar-refractivity contribution < 1.29 is 22.3 Å². The third-order valence-corrected chi connectivity index (χ3v) is 3.98. The van der Waals surface area contributed by atoms with Crippen molar-refractivity contribution >= 4 is 15.9 Å². The van der Waals surface area contributed by atoms with Crippen molar-refractivity contribution in [2.45, 2.75) is 23.8 Å². The van der Waals surface area contributed by atoms with Crippen LogP contribution in [0.25, 0.3) is 0 Å². The Bertz CT molecular complexity index is 612. The van der Waals surface area contributed by atoms with Crippen LogP contribution >= 0.6 is 0 Å². The molecule has 0 atom stereocenters. The second kappa shape index (κ2) is 5.86. The number of rotatable bonds is 3. The minimum absolute atomic E-state index is 0.103. The van der Waals surface area contributed by atoms with E-state index in [1.54, 1.807) is 0 Å². The molecule has 0 radical (unpaired) electrons. The van der Waals surface area contributed by atoms with Gasteiger partial charge in [0.05, 0.1) is 10.5 Å². The van der Waals surface area contributed by atoms with Gasteiger partial charge in [-0.05, 0) is 31.0 Å². The van der Waals surface area contributed by atoms with Gasteiger partial charge in [-0.2, -0.15) is 0 Å². The summed E-state index contributed by atoms with van der Waals surface area (Å²) in [7, 11) is -3.98. The molecule has 1 saturated heterocycles. The summed E-state index contributed by atoms with van der Waals surface area (Å²) in [6, 6.07) is 2.78. The monoisotopic (exact) mass is 302 g/mol. The lowest BCUT2D eigenvalue weighted by molar-refractivity contribution is 0.0694. The van der Waals surface area contributed by atoms with Gasteiger partial charge in [0.2, 0.25) is 10.0 Å². The number of carbonyl (C=O) groups excluding carboxylic acids is 1. The smallest absolute Gasteiger partial charge is 0.254 e. The van der Waals surface area contributed by atoms with E-state index in [-0.39, 0.29) is 16.5 Å². The fourth-order valence-electron chi connectivity index (χ4n) is 1.96. The lowest BCUT2D eigenvalue weighted by Gasteiger charge is -2.23. The maximum absolute atomic E-state index is 13.6. The molecule has 0 saturated carbocycles. The van der Waals surface area contributed by atoms with Crippen LogP contribution in [0.4, 0.5) is 4.39 Å². The molecule has 8 heteroatoms. The van der Waals surface area contributed by atoms with Crippen LogP contribution in [-0.4, -0.2) is 33.6 Å². The van der Waals surface area contributed by atoms with Gasteiger partial charge in [-0.3, -0.25) is 4.79 Å². The Balaban J connectivity index is 2.20. The Morgan fingerprint density at radius 1 is 1.35 bits per heavy atom. The van der Waals surface area contributed by atoms with Crippen molar-refractivity contribution in [2.75, 3.05) is 13.2 Å². The Hall–Kier alpha value is -1.51. The zero-order chi connectivity index (χ0) is 14.8. The van der Waals surface area contributed by atoms with Crippen LogP contribution in [0.5, 0.6) is 0 Å². The molecule has 0 aromatic heterocycles. The first-order valence-corrected chi connectivity index (χ1v) is 7.63. The van der Waals surface area contributed by atoms with E-state index in [1.807, 2.05) is 0 Å². The highest BCUT2D eigenvalue weighted by Gasteiger charge is 2.21. The molecule has 3 N–H and O–H groups in total. The normalized spacial score (nSPS) is 16.9. The van der Waals surface area contributed by atoms with Crippen molar-refractivity contribution in [1.29, 1.82) is 0 Å². The molecule has 20 heavy (non-hydrogen) atoms. The van der Waals surface area contributed by atoms with Gasteiger partial charge in [-0.25, -0.2) is 17.9 Å². The van der Waals surface area contributed by atoms with Crippen molar-refractivity contribution in [3.63, 3.8) is 0 Å². The van der Waals surface area contributed by atoms with Crippen molar-refractivity contribution in [3.8, 4) is 0 Å². The van der Waals surface area contributed by atoms with Gasteiger partial charge >= 0.3 is 0 Å². The number of sulfonamides is 1. The van der Waals surface area contributed by atoms with Gasteiger partial charge in [0.1, 0.15) is 5.82 Å². The number of nitrogens with two attached hydrogens (primary N) is 1. The zero-order valence-electron chi connectivity index (χ0n) is 10.6. The average molecular weight is 302 g/mol. The van der Waals surface area contributed by atoms with Crippen LogP contribution in [0.15, 0.2) is 23.1 Å². The molecular weight excluding hydrogens is 287 g/mol. The molecule has 0 spiro atoms. The van der Waals surface area contributed by atoms with Crippen molar-refractivity contribution in [2.24, 2.45) is 5.14 Å². The van der Waals surface area contributed by atoms with E-state index in [1.165, 1.54) is 0 Å². The lowest BCUT2D eigenvalue weighted by atomic mass is 10.1. The lowest BCUT2D eigenvalue weighted by Crippen LogP contribution is -2.39. The van der Waals surface area contributed by atoms with Crippen LogP contribution < -0.4 is 10.5 Å². The number of halogens is 1. The van der Waals surface area contributed by atoms with E-state index < -0.39 is 21.7 Å². The molecule has 1 fully saturated rings. The third-order valence-electron chi connectivity index (χ3n) is 3.07. The number of ether oxygens (including phenoxy) is 1. The Morgan fingerprint density at radius 3 is 2.60 bits per heavy atom. The molecule has 1 aromatic carbocycles. The van der Waals surface area contributed by atoms with Crippen LogP contribution in [-0.2, 0) is 14.8 Å². The maximum atomic E-state index is 13.6. The first kappa shape index (κ1) is 14.9. The van der Waals surface area contributed by atoms with Crippen molar-refractivity contribution in [1.82, 2.24) is 5.32 Å². The summed E-state index contributed by atoms with van der Waals surface area (Å²) < 4.78 is 41.2. The number of benzene rings is 1. The summed E-state index contributed by atoms with van der Waals surface area (Å²) in [5.41, 5.74) is -0.331. The number of nitrogens with one attached hydrogen (secondary N) is 1. The summed E-state index contributed by atoms with van der Waals surface area (Å²) in [6.45, 7) is 1.06. The van der Waals surface area contributed by atoms with Crippen LogP contribution in [0, 0.1) is 5.82 Å². The highest BCUT2D eigenvalue weighted by Crippen LogP contribution is 2.15. The zero-order valence-corrected chi connectivity index (χ0v) is 11.5. The van der Waals surface area contributed by atoms with E-state index in [4.69, 9.17) is 9.88 Å². The van der Waals surface area contributed by atoms with Crippen molar-refractivity contribution in [3.05, 3.63) is 29.6 Å². The molecule has 1 aromatic rings. The predicted octanol–water partition coefficient (Wildman–Crippen LogP) is 0.382. The molecular formula is C12H15FN2O4S. The second-order valence-corrected chi connectivity index (χ2v) is 6.11. The SMILES string of the molecule is NS(=O)(=O)c1ccc(F)c(C(=O)NC2CCOCC2)c1. The average Bonchev–Trinajstić information content (AvgIpc) is 2.39. The third kappa shape index (κ3) is 3.53. The first-order valence-electron chi connectivity index (χ1n) is 6.09. The molecule has 0 aliphatic carbocycles. The van der Waals surface area contributed by atoms with E-state index in [2.05, 4.69) is 5.32 Å². The highest BCUT2D eigenvalue weighted by molar-refractivity contribution is 7.89. The number of hydrogen-bond donors (Lipinski definition) is 2. The highest BCUT2D eigenvalue weighted by atomic mass is 32.2. The minimum Gasteiger partial charge on any atom is -0.381 e. The van der Waals surface area contributed by atoms with E-state index in [9.17, 15) is 17.6 Å². The number of amides is 1. The van der Waals surface area contributed by atoms with Crippen LogP contribution in [0.2, 0.25) is 0 Å². The number of hydrogen-bond acceptors (Lipinski definition) is 4. The van der Waals surface area contributed by atoms with Gasteiger partial charge in [0, 0.05) is 19.3 Å². The molecule has 1 aliphatic rings. The predicted molar refractivity (Wildman–Crippen MR) is 69.1 cm³/mol. The summed E-state index contributed by atoms with van der Waals surface area (Å²) in [6.07, 6.45) is 1.28. The quantitative estimate of drug-likeness (QED) is 0.843. The maximum Gasteiger partial charge on any atom is 0.254 e. The Labute approximate surface area is 116 Å². The Kier molecular flexibility index (Phi) is 4.36. The largest absolute Gasteiger partial charge is 0.381 e. The molecule has 110 valence electrons. The van der Waals surface area contributed by atoms with Crippen LogP contribution in [0.3, 0.4) is 0 Å². The van der Waals surface area contributed by atoms with E-state index in [0.29, 0.717) is 26.1 Å². The number of primary sulfonamides is 1. The summed E-state index contributed by atoms with van der Waals surface area (Å²) in [5, 5.41) is 7.62. The minimum atomic E-state index is -3.98. The van der Waals surface area contributed by atoms with Gasteiger partial charge in [-0.1, -0.05) is 0 Å². The molecule has 2 rings (SSSR count). The van der Waals surface area contributed by atoms with E-state index >= 15 is 0 Å². The molecule has 6 nitrogen and oxygen atoms in total. The molecule has 1 amide bonds. The van der Waals surface area contributed by atoms with Crippen LogP contribution in [0.1, 0.15) is 23.2 Å². The first-order chi connectivity index (χ1) is 9.38. The fourth-order valence-corrected chi connectivity index (χ4v) is 2.50. The summed E-state index contributed by atoms with van der Waals surface area (Å²) >= 11 is 0. The van der Waals surface area contributed by atoms with Gasteiger partial charge in [-0.15, -0.1) is 0 Å². The van der Waals surface area contributed by atoms with E-state index in [0.717, 1.165) is 18.2 Å². The molecule has 0 bridgehead atoms.